The van der Waals surface area contributed by atoms with Gasteiger partial charge in [-0.25, -0.2) is 4.79 Å². The zero-order chi connectivity index (χ0) is 14.4. The highest BCUT2D eigenvalue weighted by Crippen LogP contribution is 2.11. The first-order chi connectivity index (χ1) is 9.76. The predicted octanol–water partition coefficient (Wildman–Crippen LogP) is 1.17. The lowest BCUT2D eigenvalue weighted by molar-refractivity contribution is 0.507. The molecule has 2 aromatic rings. The van der Waals surface area contributed by atoms with Crippen molar-refractivity contribution in [2.75, 3.05) is 19.6 Å². The molecular formula is C14H20N4O2. The fourth-order valence-corrected chi connectivity index (χ4v) is 2.00. The number of fused-ring (bicyclic) bond motifs is 1. The smallest absolute Gasteiger partial charge is 0.408 e. The summed E-state index contributed by atoms with van der Waals surface area (Å²) in [6.07, 6.45) is 0. The van der Waals surface area contributed by atoms with Crippen LogP contribution in [-0.4, -0.2) is 30.2 Å². The third-order valence-electron chi connectivity index (χ3n) is 2.86. The number of para-hydroxylation sites is 2. The summed E-state index contributed by atoms with van der Waals surface area (Å²) >= 11 is 0. The van der Waals surface area contributed by atoms with Gasteiger partial charge in [0.1, 0.15) is 0 Å². The summed E-state index contributed by atoms with van der Waals surface area (Å²) < 4.78 is 6.78. The molecule has 0 aliphatic rings. The molecule has 0 bridgehead atoms. The summed E-state index contributed by atoms with van der Waals surface area (Å²) in [4.78, 5) is 16.2. The van der Waals surface area contributed by atoms with Gasteiger partial charge in [-0.1, -0.05) is 12.1 Å². The molecule has 0 saturated heterocycles. The lowest BCUT2D eigenvalue weighted by Crippen LogP contribution is -2.37. The van der Waals surface area contributed by atoms with Gasteiger partial charge >= 0.3 is 5.76 Å². The topological polar surface area (TPSA) is 71.6 Å². The predicted molar refractivity (Wildman–Crippen MR) is 80.1 cm³/mol. The second-order valence-corrected chi connectivity index (χ2v) is 4.28. The molecular weight excluding hydrogens is 256 g/mol. The number of hydrogen-bond acceptors (Lipinski definition) is 3. The second-order valence-electron chi connectivity index (χ2n) is 4.28. The summed E-state index contributed by atoms with van der Waals surface area (Å²) in [5.74, 6) is 0.422. The van der Waals surface area contributed by atoms with Crippen LogP contribution in [0.1, 0.15) is 13.8 Å². The largest absolute Gasteiger partial charge is 0.420 e. The van der Waals surface area contributed by atoms with Crippen molar-refractivity contribution in [2.24, 2.45) is 4.99 Å². The minimum absolute atomic E-state index is 0.338. The van der Waals surface area contributed by atoms with E-state index in [-0.39, 0.29) is 5.76 Å². The number of guanidine groups is 1. The number of nitrogens with zero attached hydrogens (tertiary/aromatic N) is 2. The number of rotatable bonds is 5. The molecule has 108 valence electrons. The summed E-state index contributed by atoms with van der Waals surface area (Å²) in [7, 11) is 0. The van der Waals surface area contributed by atoms with Crippen LogP contribution in [0.4, 0.5) is 0 Å². The van der Waals surface area contributed by atoms with E-state index < -0.39 is 0 Å². The average Bonchev–Trinajstić information content (AvgIpc) is 2.76. The van der Waals surface area contributed by atoms with Gasteiger partial charge in [-0.05, 0) is 26.0 Å². The Hall–Kier alpha value is -2.24. The van der Waals surface area contributed by atoms with E-state index in [0.29, 0.717) is 18.7 Å². The molecule has 6 nitrogen and oxygen atoms in total. The third-order valence-corrected chi connectivity index (χ3v) is 2.86. The molecule has 2 rings (SSSR count). The van der Waals surface area contributed by atoms with Crippen LogP contribution in [-0.2, 0) is 6.54 Å². The molecule has 1 aromatic heterocycles. The maximum Gasteiger partial charge on any atom is 0.420 e. The fraction of sp³-hybridized carbons (Fsp3) is 0.429. The Labute approximate surface area is 117 Å². The molecule has 20 heavy (non-hydrogen) atoms. The van der Waals surface area contributed by atoms with E-state index in [4.69, 9.17) is 4.42 Å². The lowest BCUT2D eigenvalue weighted by atomic mass is 10.3. The van der Waals surface area contributed by atoms with Crippen LogP contribution < -0.4 is 16.4 Å². The van der Waals surface area contributed by atoms with Gasteiger partial charge in [-0.3, -0.25) is 9.56 Å². The highest BCUT2D eigenvalue weighted by atomic mass is 16.4. The second kappa shape index (κ2) is 6.79. The molecule has 0 atom stereocenters. The van der Waals surface area contributed by atoms with Crippen molar-refractivity contribution in [1.82, 2.24) is 15.2 Å². The minimum Gasteiger partial charge on any atom is -0.408 e. The number of nitrogens with one attached hydrogen (secondary N) is 2. The third kappa shape index (κ3) is 3.20. The summed E-state index contributed by atoms with van der Waals surface area (Å²) in [6, 6.07) is 7.40. The van der Waals surface area contributed by atoms with E-state index in [1.54, 1.807) is 10.6 Å². The molecule has 0 amide bonds. The standard InChI is InChI=1S/C14H20N4O2/c1-3-15-13(16-4-2)17-9-10-18-11-7-5-6-8-12(11)20-14(18)19/h5-8H,3-4,9-10H2,1-2H3,(H2,15,16,17). The molecule has 0 radical (unpaired) electrons. The Bertz CT molecular complexity index is 634. The summed E-state index contributed by atoms with van der Waals surface area (Å²) in [5.41, 5.74) is 1.42. The SMILES string of the molecule is CCNC(=NCCn1c(=O)oc2ccccc21)NCC. The number of benzene rings is 1. The first kappa shape index (κ1) is 14.2. The minimum atomic E-state index is -0.338. The fourth-order valence-electron chi connectivity index (χ4n) is 2.00. The monoisotopic (exact) mass is 276 g/mol. The first-order valence-electron chi connectivity index (χ1n) is 6.86. The van der Waals surface area contributed by atoms with Crippen LogP contribution in [0.3, 0.4) is 0 Å². The Morgan fingerprint density at radius 2 is 1.95 bits per heavy atom. The van der Waals surface area contributed by atoms with E-state index >= 15 is 0 Å². The van der Waals surface area contributed by atoms with Gasteiger partial charge in [0, 0.05) is 19.6 Å². The van der Waals surface area contributed by atoms with E-state index in [0.717, 1.165) is 24.6 Å². The highest BCUT2D eigenvalue weighted by Gasteiger charge is 2.07. The van der Waals surface area contributed by atoms with E-state index in [9.17, 15) is 4.79 Å². The number of aliphatic imine (C=N–C) groups is 1. The Kier molecular flexibility index (Phi) is 4.81. The van der Waals surface area contributed by atoms with Crippen LogP contribution in [0.15, 0.2) is 38.5 Å². The Balaban J connectivity index is 2.11. The number of hydrogen-bond donors (Lipinski definition) is 2. The Morgan fingerprint density at radius 3 is 2.65 bits per heavy atom. The maximum absolute atomic E-state index is 11.8. The van der Waals surface area contributed by atoms with Crippen LogP contribution in [0.5, 0.6) is 0 Å². The molecule has 0 fully saturated rings. The molecule has 2 N–H and O–H groups in total. The van der Waals surface area contributed by atoms with Crippen molar-refractivity contribution in [3.05, 3.63) is 34.8 Å². The van der Waals surface area contributed by atoms with Crippen LogP contribution in [0.25, 0.3) is 11.1 Å². The van der Waals surface area contributed by atoms with Gasteiger partial charge in [0.2, 0.25) is 0 Å². The normalized spacial score (nSPS) is 10.5. The average molecular weight is 276 g/mol. The summed E-state index contributed by atoms with van der Waals surface area (Å²) in [6.45, 7) is 6.65. The highest BCUT2D eigenvalue weighted by molar-refractivity contribution is 5.79. The zero-order valence-corrected chi connectivity index (χ0v) is 11.8. The van der Waals surface area contributed by atoms with Gasteiger partial charge in [0.05, 0.1) is 12.1 Å². The number of oxazole rings is 1. The quantitative estimate of drug-likeness (QED) is 0.635. The molecule has 1 heterocycles. The van der Waals surface area contributed by atoms with Gasteiger partial charge < -0.3 is 15.1 Å². The van der Waals surface area contributed by atoms with Crippen molar-refractivity contribution >= 4 is 17.1 Å². The molecule has 0 unspecified atom stereocenters. The molecule has 0 spiro atoms. The van der Waals surface area contributed by atoms with Crippen molar-refractivity contribution in [3.63, 3.8) is 0 Å². The van der Waals surface area contributed by atoms with Gasteiger partial charge in [0.25, 0.3) is 0 Å². The van der Waals surface area contributed by atoms with Crippen molar-refractivity contribution in [3.8, 4) is 0 Å². The molecule has 0 saturated carbocycles. The van der Waals surface area contributed by atoms with Crippen molar-refractivity contribution in [1.29, 1.82) is 0 Å². The molecule has 0 aliphatic carbocycles. The van der Waals surface area contributed by atoms with Gasteiger partial charge in [0.15, 0.2) is 11.5 Å². The van der Waals surface area contributed by atoms with Gasteiger partial charge in [-0.2, -0.15) is 0 Å². The Morgan fingerprint density at radius 1 is 1.25 bits per heavy atom. The van der Waals surface area contributed by atoms with Crippen LogP contribution in [0.2, 0.25) is 0 Å². The van der Waals surface area contributed by atoms with Crippen LogP contribution in [0, 0.1) is 0 Å². The number of aromatic nitrogens is 1. The van der Waals surface area contributed by atoms with Crippen molar-refractivity contribution in [2.45, 2.75) is 20.4 Å². The molecule has 0 aliphatic heterocycles. The van der Waals surface area contributed by atoms with E-state index in [2.05, 4.69) is 15.6 Å². The summed E-state index contributed by atoms with van der Waals surface area (Å²) in [5, 5.41) is 6.29. The molecule has 6 heteroatoms. The molecule has 1 aromatic carbocycles. The lowest BCUT2D eigenvalue weighted by Gasteiger charge is -2.09. The van der Waals surface area contributed by atoms with Crippen LogP contribution >= 0.6 is 0 Å². The van der Waals surface area contributed by atoms with E-state index in [1.165, 1.54) is 0 Å². The van der Waals surface area contributed by atoms with E-state index in [1.807, 2.05) is 32.0 Å². The first-order valence-corrected chi connectivity index (χ1v) is 6.86. The van der Waals surface area contributed by atoms with Crippen molar-refractivity contribution < 1.29 is 4.42 Å². The van der Waals surface area contributed by atoms with Gasteiger partial charge in [-0.15, -0.1) is 0 Å². The zero-order valence-electron chi connectivity index (χ0n) is 11.8. The maximum atomic E-state index is 11.8.